The van der Waals surface area contributed by atoms with Crippen LogP contribution in [-0.4, -0.2) is 111 Å². The number of carbonyl (C=O) groups is 2. The fraction of sp³-hybridized carbons (Fsp3) is 0.355. The smallest absolute Gasteiger partial charge is 0.253 e. The highest BCUT2D eigenvalue weighted by atomic mass is 16.5. The normalized spacial score (nSPS) is 17.9. The number of methoxy groups -OCH3 is 2. The molecule has 12 rings (SSSR count). The summed E-state index contributed by atoms with van der Waals surface area (Å²) in [5, 5.41) is 9.63. The molecule has 2 atom stereocenters. The van der Waals surface area contributed by atoms with Crippen LogP contribution < -0.4 is 9.47 Å². The van der Waals surface area contributed by atoms with Crippen LogP contribution in [0.2, 0.25) is 0 Å². The van der Waals surface area contributed by atoms with Crippen LogP contribution in [0.1, 0.15) is 130 Å². The number of ether oxygens (including phenoxy) is 2. The van der Waals surface area contributed by atoms with E-state index in [0.29, 0.717) is 23.7 Å². The maximum atomic E-state index is 12.9. The predicted molar refractivity (Wildman–Crippen MR) is 302 cm³/mol. The van der Waals surface area contributed by atoms with Crippen LogP contribution in [-0.2, 0) is 13.1 Å². The molecule has 4 aromatic carbocycles. The third kappa shape index (κ3) is 11.5. The molecule has 0 spiro atoms. The van der Waals surface area contributed by atoms with Gasteiger partial charge >= 0.3 is 0 Å². The second-order valence-electron chi connectivity index (χ2n) is 21.0. The molecular formula is C62H68N12O4. The summed E-state index contributed by atoms with van der Waals surface area (Å²) in [6.07, 6.45) is 24.1. The largest absolute Gasteiger partial charge is 0.495 e. The Labute approximate surface area is 456 Å². The fourth-order valence-electron chi connectivity index (χ4n) is 11.8. The van der Waals surface area contributed by atoms with Crippen LogP contribution in [0.5, 0.6) is 11.5 Å². The van der Waals surface area contributed by atoms with Crippen molar-refractivity contribution in [3.8, 4) is 22.9 Å². The number of hydrogen-bond donors (Lipinski definition) is 0. The quantitative estimate of drug-likeness (QED) is 0.115. The van der Waals surface area contributed by atoms with Gasteiger partial charge in [-0.25, -0.2) is 29.3 Å². The van der Waals surface area contributed by atoms with Crippen LogP contribution in [0, 0.1) is 25.7 Å². The van der Waals surface area contributed by atoms with E-state index in [1.54, 1.807) is 26.9 Å². The average molecular weight is 1050 g/mol. The van der Waals surface area contributed by atoms with Crippen molar-refractivity contribution in [1.29, 1.82) is 0 Å². The molecule has 2 fully saturated rings. The molecule has 0 N–H and O–H groups in total. The van der Waals surface area contributed by atoms with Gasteiger partial charge in [-0.1, -0.05) is 60.7 Å². The molecule has 4 aliphatic heterocycles. The number of nitrogens with zero attached hydrogens (tertiary/aromatic N) is 12. The molecule has 16 nitrogen and oxygen atoms in total. The zero-order valence-electron chi connectivity index (χ0n) is 45.1. The fourth-order valence-corrected chi connectivity index (χ4v) is 11.8. The second-order valence-corrected chi connectivity index (χ2v) is 21.0. The molecule has 4 aliphatic rings. The molecule has 8 aromatic rings. The molecule has 0 saturated carbocycles. The number of piperidine rings is 2. The summed E-state index contributed by atoms with van der Waals surface area (Å²) in [6, 6.07) is 31.4. The van der Waals surface area contributed by atoms with E-state index in [1.807, 2.05) is 154 Å². The van der Waals surface area contributed by atoms with Crippen molar-refractivity contribution in [1.82, 2.24) is 58.4 Å². The number of benzene rings is 4. The third-order valence-electron chi connectivity index (χ3n) is 15.9. The lowest BCUT2D eigenvalue weighted by Crippen LogP contribution is -2.40. The Kier molecular flexibility index (Phi) is 15.5. The monoisotopic (exact) mass is 1040 g/mol. The van der Waals surface area contributed by atoms with Gasteiger partial charge in [0.25, 0.3) is 11.8 Å². The van der Waals surface area contributed by atoms with Crippen LogP contribution in [0.25, 0.3) is 35.7 Å². The van der Waals surface area contributed by atoms with Crippen LogP contribution in [0.3, 0.4) is 0 Å². The molecule has 0 aliphatic carbocycles. The first kappa shape index (κ1) is 51.7. The van der Waals surface area contributed by atoms with Gasteiger partial charge in [0.1, 0.15) is 23.1 Å². The lowest BCUT2D eigenvalue weighted by atomic mass is 9.80. The Bertz CT molecular complexity index is 3190. The van der Waals surface area contributed by atoms with Gasteiger partial charge in [-0.2, -0.15) is 10.2 Å². The molecule has 4 aromatic heterocycles. The van der Waals surface area contributed by atoms with Crippen molar-refractivity contribution in [3.63, 3.8) is 0 Å². The van der Waals surface area contributed by atoms with Gasteiger partial charge in [-0.3, -0.25) is 9.59 Å². The van der Waals surface area contributed by atoms with E-state index >= 15 is 0 Å². The predicted octanol–water partition coefficient (Wildman–Crippen LogP) is 10.8. The zero-order chi connectivity index (χ0) is 53.5. The first-order valence-electron chi connectivity index (χ1n) is 27.5. The van der Waals surface area contributed by atoms with Gasteiger partial charge in [-0.05, 0) is 149 Å². The lowest BCUT2D eigenvalue weighted by Gasteiger charge is -2.37. The minimum atomic E-state index is 0.137. The summed E-state index contributed by atoms with van der Waals surface area (Å²) in [5.41, 5.74) is 7.40. The number of aryl methyl sites for hydroxylation is 4. The molecular weight excluding hydrogens is 977 g/mol. The summed E-state index contributed by atoms with van der Waals surface area (Å²) < 4.78 is 19.4. The first-order chi connectivity index (χ1) is 38.2. The van der Waals surface area contributed by atoms with Gasteiger partial charge in [-0.15, -0.1) is 0 Å². The Hall–Kier alpha value is -8.40. The molecule has 2 amide bonds. The summed E-state index contributed by atoms with van der Waals surface area (Å²) >= 11 is 0. The average Bonchev–Trinajstić information content (AvgIpc) is 4.34. The van der Waals surface area contributed by atoms with Crippen molar-refractivity contribution < 1.29 is 19.1 Å². The Morgan fingerprint density at radius 1 is 0.513 bits per heavy atom. The third-order valence-corrected chi connectivity index (χ3v) is 15.9. The van der Waals surface area contributed by atoms with E-state index in [0.717, 1.165) is 170 Å². The number of rotatable bonds is 12. The van der Waals surface area contributed by atoms with Crippen molar-refractivity contribution in [2.24, 2.45) is 11.8 Å². The summed E-state index contributed by atoms with van der Waals surface area (Å²) in [5.74, 6) is 7.32. The maximum absolute atomic E-state index is 12.9. The van der Waals surface area contributed by atoms with Gasteiger partial charge in [0, 0.05) is 74.6 Å². The van der Waals surface area contributed by atoms with Crippen LogP contribution >= 0.6 is 0 Å². The number of amides is 2. The van der Waals surface area contributed by atoms with Gasteiger partial charge in [0.2, 0.25) is 0 Å². The van der Waals surface area contributed by atoms with Crippen LogP contribution in [0.4, 0.5) is 0 Å². The Morgan fingerprint density at radius 2 is 0.923 bits per heavy atom. The maximum Gasteiger partial charge on any atom is 0.253 e. The van der Waals surface area contributed by atoms with E-state index < -0.39 is 0 Å². The van der Waals surface area contributed by atoms with E-state index in [1.165, 1.54) is 0 Å². The SMILES string of the molecule is COc1cc(/C=C/c2nc3n(n2)CCC[C@@H]3C2CCN(C(=O)c3ccccc3)CC2)ccc1-n1cnc(C)c1.COc1cc(/C=C/c2nc3n(n2)CCC[C@H]3C2CCN(C(=O)c3ccccc3)CC2)ccc1-n1cnc(C)c1. The number of likely N-dealkylation sites (tertiary alicyclic amines) is 2. The number of carbonyl (C=O) groups excluding carboxylic acids is 2. The second kappa shape index (κ2) is 23.5. The Morgan fingerprint density at radius 3 is 1.29 bits per heavy atom. The highest BCUT2D eigenvalue weighted by molar-refractivity contribution is 5.94. The number of aromatic nitrogens is 10. The molecule has 400 valence electrons. The van der Waals surface area contributed by atoms with E-state index in [2.05, 4.69) is 31.5 Å². The van der Waals surface area contributed by atoms with Crippen LogP contribution in [0.15, 0.2) is 122 Å². The molecule has 0 radical (unpaired) electrons. The van der Waals surface area contributed by atoms with Crippen molar-refractivity contribution in [2.75, 3.05) is 40.4 Å². The minimum absolute atomic E-state index is 0.137. The lowest BCUT2D eigenvalue weighted by molar-refractivity contribution is 0.0662. The number of fused-ring (bicyclic) bond motifs is 2. The topological polar surface area (TPSA) is 156 Å². The highest BCUT2D eigenvalue weighted by Gasteiger charge is 2.36. The van der Waals surface area contributed by atoms with Crippen molar-refractivity contribution in [2.45, 2.75) is 90.1 Å². The van der Waals surface area contributed by atoms with E-state index in [4.69, 9.17) is 29.6 Å². The Balaban J connectivity index is 0.000000165. The molecule has 2 saturated heterocycles. The van der Waals surface area contributed by atoms with E-state index in [-0.39, 0.29) is 11.8 Å². The van der Waals surface area contributed by atoms with Crippen molar-refractivity contribution in [3.05, 3.63) is 179 Å². The highest BCUT2D eigenvalue weighted by Crippen LogP contribution is 2.40. The van der Waals surface area contributed by atoms with Gasteiger partial charge < -0.3 is 28.4 Å². The molecule has 8 heterocycles. The van der Waals surface area contributed by atoms with Gasteiger partial charge in [0.05, 0.1) is 49.6 Å². The van der Waals surface area contributed by atoms with Gasteiger partial charge in [0.15, 0.2) is 11.6 Å². The van der Waals surface area contributed by atoms with Crippen molar-refractivity contribution >= 4 is 36.1 Å². The summed E-state index contributed by atoms with van der Waals surface area (Å²) in [4.78, 5) is 48.4. The first-order valence-corrected chi connectivity index (χ1v) is 27.5. The molecule has 78 heavy (non-hydrogen) atoms. The standard InChI is InChI=1S/2C31H34N6O2/c2*1-22-20-36(21-32-22)27-12-10-23(19-28(27)39-2)11-13-29-33-30-26(9-6-16-37(30)34-29)24-14-17-35(18-15-24)31(38)25-7-4-3-5-8-25/h2*3-5,7-8,10-13,19-21,24,26H,6,9,14-18H2,1-2H3/b2*13-11+/t2*26-/m10/s1. The van der Waals surface area contributed by atoms with E-state index in [9.17, 15) is 9.59 Å². The summed E-state index contributed by atoms with van der Waals surface area (Å²) in [6.45, 7) is 8.95. The minimum Gasteiger partial charge on any atom is -0.495 e. The number of hydrogen-bond acceptors (Lipinski definition) is 10. The number of imidazole rings is 2. The zero-order valence-corrected chi connectivity index (χ0v) is 45.1. The molecule has 0 unspecified atom stereocenters. The molecule has 0 bridgehead atoms. The molecule has 16 heteroatoms. The summed E-state index contributed by atoms with van der Waals surface area (Å²) in [7, 11) is 3.37.